The fourth-order valence-corrected chi connectivity index (χ4v) is 1.80. The maximum atomic E-state index is 5.26. The lowest BCUT2D eigenvalue weighted by Crippen LogP contribution is -2.27. The normalized spacial score (nSPS) is 12.5. The second-order valence-electron chi connectivity index (χ2n) is 4.65. The maximum absolute atomic E-state index is 5.26. The summed E-state index contributed by atoms with van der Waals surface area (Å²) in [5.41, 5.74) is 0.884. The van der Waals surface area contributed by atoms with Crippen LogP contribution in [0.3, 0.4) is 0 Å². The van der Waals surface area contributed by atoms with Crippen molar-refractivity contribution in [3.8, 4) is 11.4 Å². The van der Waals surface area contributed by atoms with E-state index in [9.17, 15) is 0 Å². The largest absolute Gasteiger partial charge is 0.339 e. The molecule has 0 aromatic carbocycles. The Hall–Kier alpha value is -1.75. The molecule has 0 bridgehead atoms. The van der Waals surface area contributed by atoms with Gasteiger partial charge < -0.3 is 9.84 Å². The Labute approximate surface area is 113 Å². The van der Waals surface area contributed by atoms with Gasteiger partial charge in [-0.2, -0.15) is 4.98 Å². The van der Waals surface area contributed by atoms with Gasteiger partial charge in [-0.25, -0.2) is 0 Å². The van der Waals surface area contributed by atoms with Crippen LogP contribution in [0, 0.1) is 0 Å². The van der Waals surface area contributed by atoms with Crippen LogP contribution < -0.4 is 5.32 Å². The highest BCUT2D eigenvalue weighted by atomic mass is 16.5. The molecule has 0 aliphatic rings. The van der Waals surface area contributed by atoms with Crippen LogP contribution in [0.1, 0.15) is 32.6 Å². The van der Waals surface area contributed by atoms with Gasteiger partial charge in [0.2, 0.25) is 11.7 Å². The van der Waals surface area contributed by atoms with Crippen molar-refractivity contribution in [2.75, 3.05) is 6.54 Å². The molecule has 1 unspecified atom stereocenters. The molecule has 2 rings (SSSR count). The highest BCUT2D eigenvalue weighted by Gasteiger charge is 2.10. The minimum absolute atomic E-state index is 0.466. The van der Waals surface area contributed by atoms with Gasteiger partial charge in [0.1, 0.15) is 0 Å². The predicted molar refractivity (Wildman–Crippen MR) is 73.6 cm³/mol. The molecular formula is C14H20N4O. The Bertz CT molecular complexity index is 483. The van der Waals surface area contributed by atoms with Crippen LogP contribution >= 0.6 is 0 Å². The summed E-state index contributed by atoms with van der Waals surface area (Å²) in [7, 11) is 0. The molecule has 0 saturated heterocycles. The third-order valence-electron chi connectivity index (χ3n) is 2.92. The van der Waals surface area contributed by atoms with E-state index in [0.717, 1.165) is 31.4 Å². The Balaban J connectivity index is 1.88. The summed E-state index contributed by atoms with van der Waals surface area (Å²) in [6.07, 6.45) is 6.40. The summed E-state index contributed by atoms with van der Waals surface area (Å²) in [6, 6.07) is 4.25. The number of pyridine rings is 1. The second-order valence-corrected chi connectivity index (χ2v) is 4.65. The molecule has 0 aliphatic heterocycles. The molecule has 102 valence electrons. The molecule has 0 saturated carbocycles. The van der Waals surface area contributed by atoms with Gasteiger partial charge in [0, 0.05) is 30.4 Å². The molecule has 2 aromatic heterocycles. The van der Waals surface area contributed by atoms with E-state index in [4.69, 9.17) is 4.52 Å². The van der Waals surface area contributed by atoms with Crippen molar-refractivity contribution in [2.45, 2.75) is 39.2 Å². The van der Waals surface area contributed by atoms with Gasteiger partial charge in [0.15, 0.2) is 0 Å². The fourth-order valence-electron chi connectivity index (χ4n) is 1.80. The zero-order chi connectivity index (χ0) is 13.5. The summed E-state index contributed by atoms with van der Waals surface area (Å²) < 4.78 is 5.26. The van der Waals surface area contributed by atoms with Crippen molar-refractivity contribution in [1.82, 2.24) is 20.4 Å². The van der Waals surface area contributed by atoms with Crippen LogP contribution in [-0.2, 0) is 6.42 Å². The van der Waals surface area contributed by atoms with Crippen molar-refractivity contribution < 1.29 is 4.52 Å². The standard InChI is InChI=1S/C14H20N4O/c1-3-8-16-11(2)6-7-13-17-14(18-19-13)12-5-4-9-15-10-12/h4-5,9-11,16H,3,6-8H2,1-2H3. The molecule has 19 heavy (non-hydrogen) atoms. The van der Waals surface area contributed by atoms with E-state index in [2.05, 4.69) is 34.3 Å². The van der Waals surface area contributed by atoms with Gasteiger partial charge in [-0.3, -0.25) is 4.98 Å². The van der Waals surface area contributed by atoms with Gasteiger partial charge in [-0.1, -0.05) is 12.1 Å². The van der Waals surface area contributed by atoms with Gasteiger partial charge in [0.25, 0.3) is 0 Å². The molecular weight excluding hydrogens is 240 g/mol. The number of rotatable bonds is 7. The number of hydrogen-bond acceptors (Lipinski definition) is 5. The number of nitrogens with one attached hydrogen (secondary N) is 1. The van der Waals surface area contributed by atoms with Crippen molar-refractivity contribution in [3.05, 3.63) is 30.4 Å². The lowest BCUT2D eigenvalue weighted by molar-refractivity contribution is 0.367. The molecule has 0 aliphatic carbocycles. The Morgan fingerprint density at radius 1 is 1.42 bits per heavy atom. The smallest absolute Gasteiger partial charge is 0.227 e. The van der Waals surface area contributed by atoms with E-state index in [1.54, 1.807) is 12.4 Å². The molecule has 0 radical (unpaired) electrons. The van der Waals surface area contributed by atoms with Crippen molar-refractivity contribution in [3.63, 3.8) is 0 Å². The van der Waals surface area contributed by atoms with Gasteiger partial charge >= 0.3 is 0 Å². The summed E-state index contributed by atoms with van der Waals surface area (Å²) in [6.45, 7) is 5.39. The molecule has 2 aromatic rings. The highest BCUT2D eigenvalue weighted by Crippen LogP contribution is 2.14. The first-order chi connectivity index (χ1) is 9.29. The third kappa shape index (κ3) is 4.13. The predicted octanol–water partition coefficient (Wildman–Crippen LogP) is 2.45. The number of hydrogen-bond donors (Lipinski definition) is 1. The van der Waals surface area contributed by atoms with Gasteiger partial charge in [0.05, 0.1) is 0 Å². The Morgan fingerprint density at radius 2 is 2.32 bits per heavy atom. The minimum atomic E-state index is 0.466. The van der Waals surface area contributed by atoms with E-state index in [1.165, 1.54) is 0 Å². The molecule has 5 heteroatoms. The monoisotopic (exact) mass is 260 g/mol. The lowest BCUT2D eigenvalue weighted by atomic mass is 10.2. The van der Waals surface area contributed by atoms with Crippen LogP contribution in [0.25, 0.3) is 11.4 Å². The summed E-state index contributed by atoms with van der Waals surface area (Å²) in [5.74, 6) is 1.29. The zero-order valence-corrected chi connectivity index (χ0v) is 11.5. The van der Waals surface area contributed by atoms with Crippen LogP contribution in [0.5, 0.6) is 0 Å². The lowest BCUT2D eigenvalue weighted by Gasteiger charge is -2.10. The van der Waals surface area contributed by atoms with Crippen molar-refractivity contribution in [2.24, 2.45) is 0 Å². The third-order valence-corrected chi connectivity index (χ3v) is 2.92. The molecule has 2 heterocycles. The number of aryl methyl sites for hydroxylation is 1. The van der Waals surface area contributed by atoms with Crippen molar-refractivity contribution >= 4 is 0 Å². The molecule has 0 spiro atoms. The first-order valence-corrected chi connectivity index (χ1v) is 6.76. The van der Waals surface area contributed by atoms with Gasteiger partial charge in [-0.15, -0.1) is 0 Å². The summed E-state index contributed by atoms with van der Waals surface area (Å²) >= 11 is 0. The van der Waals surface area contributed by atoms with E-state index >= 15 is 0 Å². The number of nitrogens with zero attached hydrogens (tertiary/aromatic N) is 3. The van der Waals surface area contributed by atoms with E-state index in [1.807, 2.05) is 12.1 Å². The van der Waals surface area contributed by atoms with E-state index < -0.39 is 0 Å². The van der Waals surface area contributed by atoms with Crippen LogP contribution in [0.2, 0.25) is 0 Å². The maximum Gasteiger partial charge on any atom is 0.227 e. The molecule has 0 fully saturated rings. The van der Waals surface area contributed by atoms with Gasteiger partial charge in [-0.05, 0) is 38.4 Å². The molecule has 1 N–H and O–H groups in total. The molecule has 5 nitrogen and oxygen atoms in total. The highest BCUT2D eigenvalue weighted by molar-refractivity contribution is 5.51. The first-order valence-electron chi connectivity index (χ1n) is 6.76. The second kappa shape index (κ2) is 6.99. The summed E-state index contributed by atoms with van der Waals surface area (Å²) in [5, 5.41) is 7.42. The average Bonchev–Trinajstić information content (AvgIpc) is 2.93. The molecule has 0 amide bonds. The first kappa shape index (κ1) is 13.7. The van der Waals surface area contributed by atoms with Crippen molar-refractivity contribution in [1.29, 1.82) is 0 Å². The number of aromatic nitrogens is 3. The fraction of sp³-hybridized carbons (Fsp3) is 0.500. The zero-order valence-electron chi connectivity index (χ0n) is 11.5. The van der Waals surface area contributed by atoms with Crippen LogP contribution in [0.15, 0.2) is 29.0 Å². The Morgan fingerprint density at radius 3 is 3.05 bits per heavy atom. The van der Waals surface area contributed by atoms with Crippen LogP contribution in [-0.4, -0.2) is 27.7 Å². The SMILES string of the molecule is CCCNC(C)CCc1nc(-c2cccnc2)no1. The van der Waals surface area contributed by atoms with Crippen LogP contribution in [0.4, 0.5) is 0 Å². The summed E-state index contributed by atoms with van der Waals surface area (Å²) in [4.78, 5) is 8.43. The quantitative estimate of drug-likeness (QED) is 0.828. The Kier molecular flexibility index (Phi) is 5.03. The van der Waals surface area contributed by atoms with E-state index in [0.29, 0.717) is 17.8 Å². The topological polar surface area (TPSA) is 63.8 Å². The van der Waals surface area contributed by atoms with E-state index in [-0.39, 0.29) is 0 Å². The minimum Gasteiger partial charge on any atom is -0.339 e. The average molecular weight is 260 g/mol. The molecule has 1 atom stereocenters.